The number of halogens is 1. The first-order valence-corrected chi connectivity index (χ1v) is 8.59. The Morgan fingerprint density at radius 2 is 1.92 bits per heavy atom. The molecule has 0 unspecified atom stereocenters. The van der Waals surface area contributed by atoms with E-state index < -0.39 is 4.92 Å². The zero-order valence-corrected chi connectivity index (χ0v) is 14.5. The van der Waals surface area contributed by atoms with E-state index in [0.717, 1.165) is 43.3 Å². The molecule has 6 nitrogen and oxygen atoms in total. The minimum atomic E-state index is -0.393. The van der Waals surface area contributed by atoms with E-state index in [9.17, 15) is 10.1 Å². The molecule has 7 heteroatoms. The number of hydrogen-bond donors (Lipinski definition) is 1. The van der Waals surface area contributed by atoms with Gasteiger partial charge in [0.05, 0.1) is 37.3 Å². The molecule has 25 heavy (non-hydrogen) atoms. The quantitative estimate of drug-likeness (QED) is 0.504. The van der Waals surface area contributed by atoms with Crippen LogP contribution in [-0.2, 0) is 6.54 Å². The summed E-state index contributed by atoms with van der Waals surface area (Å²) >= 11 is 5.92. The van der Waals surface area contributed by atoms with Crippen LogP contribution in [0.1, 0.15) is 11.1 Å². The first-order valence-electron chi connectivity index (χ1n) is 8.21. The van der Waals surface area contributed by atoms with Crippen LogP contribution in [0.3, 0.4) is 0 Å². The second kappa shape index (κ2) is 8.09. The molecule has 0 radical (unpaired) electrons. The molecule has 0 spiro atoms. The predicted octanol–water partition coefficient (Wildman–Crippen LogP) is 1.98. The van der Waals surface area contributed by atoms with Crippen molar-refractivity contribution in [3.8, 4) is 0 Å². The van der Waals surface area contributed by atoms with Crippen LogP contribution in [-0.4, -0.2) is 42.3 Å². The number of benzene rings is 2. The van der Waals surface area contributed by atoms with Gasteiger partial charge < -0.3 is 4.90 Å². The van der Waals surface area contributed by atoms with Gasteiger partial charge in [-0.25, -0.2) is 0 Å². The average molecular weight is 360 g/mol. The highest BCUT2D eigenvalue weighted by Crippen LogP contribution is 2.12. The molecule has 1 fully saturated rings. The third-order valence-corrected chi connectivity index (χ3v) is 4.52. The summed E-state index contributed by atoms with van der Waals surface area (Å²) in [5, 5.41) is 18.0. The second-order valence-corrected chi connectivity index (χ2v) is 6.54. The first kappa shape index (κ1) is 17.4. The SMILES string of the molecule is O=[N+]([O-])c1cccc(/C=N\N2CC[NH+](Cc3ccc(Cl)cc3)CC2)c1. The second-order valence-electron chi connectivity index (χ2n) is 6.10. The molecule has 130 valence electrons. The normalized spacial score (nSPS) is 15.6. The number of nitrogens with one attached hydrogen (secondary N) is 1. The van der Waals surface area contributed by atoms with E-state index in [4.69, 9.17) is 11.6 Å². The van der Waals surface area contributed by atoms with Crippen molar-refractivity contribution in [3.63, 3.8) is 0 Å². The van der Waals surface area contributed by atoms with Gasteiger partial charge in [-0.1, -0.05) is 35.9 Å². The van der Waals surface area contributed by atoms with E-state index >= 15 is 0 Å². The Hall–Kier alpha value is -2.44. The minimum absolute atomic E-state index is 0.0844. The van der Waals surface area contributed by atoms with Gasteiger partial charge in [-0.15, -0.1) is 0 Å². The molecule has 3 rings (SSSR count). The van der Waals surface area contributed by atoms with E-state index in [2.05, 4.69) is 17.2 Å². The van der Waals surface area contributed by atoms with Gasteiger partial charge >= 0.3 is 0 Å². The Labute approximate surface area is 151 Å². The molecule has 0 bridgehead atoms. The number of rotatable bonds is 5. The van der Waals surface area contributed by atoms with Crippen molar-refractivity contribution in [3.05, 3.63) is 74.8 Å². The van der Waals surface area contributed by atoms with Gasteiger partial charge in [0.2, 0.25) is 0 Å². The molecule has 0 aliphatic carbocycles. The average Bonchev–Trinajstić information content (AvgIpc) is 2.63. The Kier molecular flexibility index (Phi) is 5.63. The number of nitro groups is 1. The summed E-state index contributed by atoms with van der Waals surface area (Å²) in [6.45, 7) is 4.74. The topological polar surface area (TPSA) is 63.2 Å². The highest BCUT2D eigenvalue weighted by molar-refractivity contribution is 6.30. The number of non-ortho nitro benzene ring substituents is 1. The molecule has 1 aliphatic heterocycles. The fourth-order valence-electron chi connectivity index (χ4n) is 2.86. The zero-order chi connectivity index (χ0) is 17.6. The van der Waals surface area contributed by atoms with E-state index in [1.54, 1.807) is 12.3 Å². The first-order chi connectivity index (χ1) is 12.1. The Morgan fingerprint density at radius 3 is 2.60 bits per heavy atom. The van der Waals surface area contributed by atoms with Crippen LogP contribution < -0.4 is 4.90 Å². The third kappa shape index (κ3) is 5.01. The van der Waals surface area contributed by atoms with Gasteiger partial charge in [0.15, 0.2) is 0 Å². The van der Waals surface area contributed by atoms with Gasteiger partial charge in [-0.2, -0.15) is 5.10 Å². The fourth-order valence-corrected chi connectivity index (χ4v) is 2.99. The number of hydrazone groups is 1. The summed E-state index contributed by atoms with van der Waals surface area (Å²) < 4.78 is 0. The molecule has 1 N–H and O–H groups in total. The maximum Gasteiger partial charge on any atom is 0.270 e. The monoisotopic (exact) mass is 359 g/mol. The molecule has 0 amide bonds. The highest BCUT2D eigenvalue weighted by Gasteiger charge is 2.18. The molecular formula is C18H20ClN4O2+. The molecule has 0 aromatic heterocycles. The van der Waals surface area contributed by atoms with Crippen LogP contribution in [0.25, 0.3) is 0 Å². The van der Waals surface area contributed by atoms with Crippen molar-refractivity contribution in [2.75, 3.05) is 26.2 Å². The largest absolute Gasteiger partial charge is 0.328 e. The zero-order valence-electron chi connectivity index (χ0n) is 13.8. The number of piperazine rings is 1. The molecule has 1 saturated heterocycles. The molecular weight excluding hydrogens is 340 g/mol. The van der Waals surface area contributed by atoms with Crippen LogP contribution in [0.4, 0.5) is 5.69 Å². The van der Waals surface area contributed by atoms with E-state index in [-0.39, 0.29) is 5.69 Å². The smallest absolute Gasteiger partial charge is 0.270 e. The molecule has 2 aromatic rings. The summed E-state index contributed by atoms with van der Waals surface area (Å²) in [5.41, 5.74) is 2.11. The Morgan fingerprint density at radius 1 is 1.20 bits per heavy atom. The van der Waals surface area contributed by atoms with Gasteiger partial charge in [-0.3, -0.25) is 15.1 Å². The van der Waals surface area contributed by atoms with E-state index in [1.807, 2.05) is 23.2 Å². The highest BCUT2D eigenvalue weighted by atomic mass is 35.5. The van der Waals surface area contributed by atoms with Crippen molar-refractivity contribution in [1.82, 2.24) is 5.01 Å². The van der Waals surface area contributed by atoms with Crippen LogP contribution in [0.2, 0.25) is 5.02 Å². The fraction of sp³-hybridized carbons (Fsp3) is 0.278. The minimum Gasteiger partial charge on any atom is -0.328 e. The van der Waals surface area contributed by atoms with Crippen molar-refractivity contribution >= 4 is 23.5 Å². The Bertz CT molecular complexity index is 756. The van der Waals surface area contributed by atoms with Crippen LogP contribution in [0, 0.1) is 10.1 Å². The molecule has 2 aromatic carbocycles. The lowest BCUT2D eigenvalue weighted by atomic mass is 10.2. The number of quaternary nitrogens is 1. The lowest BCUT2D eigenvalue weighted by Crippen LogP contribution is -3.13. The van der Waals surface area contributed by atoms with Crippen LogP contribution >= 0.6 is 11.6 Å². The van der Waals surface area contributed by atoms with Crippen molar-refractivity contribution in [2.24, 2.45) is 5.10 Å². The predicted molar refractivity (Wildman–Crippen MR) is 98.1 cm³/mol. The van der Waals surface area contributed by atoms with Gasteiger partial charge in [0, 0.05) is 28.3 Å². The van der Waals surface area contributed by atoms with Crippen molar-refractivity contribution in [1.29, 1.82) is 0 Å². The number of nitro benzene ring substituents is 1. The summed E-state index contributed by atoms with van der Waals surface area (Å²) in [6.07, 6.45) is 1.69. The molecule has 1 heterocycles. The number of nitrogens with zero attached hydrogens (tertiary/aromatic N) is 3. The molecule has 0 atom stereocenters. The summed E-state index contributed by atoms with van der Waals surface area (Å²) in [5.74, 6) is 0. The third-order valence-electron chi connectivity index (χ3n) is 4.27. The van der Waals surface area contributed by atoms with E-state index in [1.165, 1.54) is 22.6 Å². The molecule has 0 saturated carbocycles. The van der Waals surface area contributed by atoms with Gasteiger partial charge in [0.25, 0.3) is 5.69 Å². The molecule has 1 aliphatic rings. The standard InChI is InChI=1S/C18H19ClN4O2/c19-17-6-4-15(5-7-17)14-21-8-10-22(11-9-21)20-13-16-2-1-3-18(12-16)23(24)25/h1-7,12-13H,8-11,14H2/p+1/b20-13-. The van der Waals surface area contributed by atoms with E-state index in [0.29, 0.717) is 0 Å². The van der Waals surface area contributed by atoms with Crippen LogP contribution in [0.15, 0.2) is 53.6 Å². The maximum atomic E-state index is 10.8. The lowest BCUT2D eigenvalue weighted by Gasteiger charge is -2.30. The summed E-state index contributed by atoms with van der Waals surface area (Å²) in [6, 6.07) is 14.5. The summed E-state index contributed by atoms with van der Waals surface area (Å²) in [7, 11) is 0. The van der Waals surface area contributed by atoms with Crippen LogP contribution in [0.5, 0.6) is 0 Å². The summed E-state index contributed by atoms with van der Waals surface area (Å²) in [4.78, 5) is 11.9. The van der Waals surface area contributed by atoms with Crippen molar-refractivity contribution < 1.29 is 9.82 Å². The Balaban J connectivity index is 1.51. The van der Waals surface area contributed by atoms with Gasteiger partial charge in [0.1, 0.15) is 6.54 Å². The number of hydrogen-bond acceptors (Lipinski definition) is 4. The maximum absolute atomic E-state index is 10.8. The lowest BCUT2D eigenvalue weighted by molar-refractivity contribution is -0.918. The van der Waals surface area contributed by atoms with Crippen molar-refractivity contribution in [2.45, 2.75) is 6.54 Å². The van der Waals surface area contributed by atoms with Gasteiger partial charge in [-0.05, 0) is 12.1 Å².